The number of hydrogen-bond acceptors (Lipinski definition) is 3. The van der Waals surface area contributed by atoms with Crippen molar-refractivity contribution in [1.29, 1.82) is 0 Å². The van der Waals surface area contributed by atoms with E-state index in [9.17, 15) is 9.59 Å². The zero-order valence-corrected chi connectivity index (χ0v) is 10.2. The Morgan fingerprint density at radius 1 is 1.12 bits per heavy atom. The molecule has 3 amide bonds. The molecule has 0 aromatic carbocycles. The van der Waals surface area contributed by atoms with Gasteiger partial charge in [0.05, 0.1) is 0 Å². The highest BCUT2D eigenvalue weighted by atomic mass is 16.2. The summed E-state index contributed by atoms with van der Waals surface area (Å²) in [6.07, 6.45) is 7.14. The molecule has 96 valence electrons. The molecule has 5 nitrogen and oxygen atoms in total. The fraction of sp³-hybridized carbons (Fsp3) is 0.833. The average molecular weight is 239 g/mol. The van der Waals surface area contributed by atoms with Crippen molar-refractivity contribution in [3.05, 3.63) is 0 Å². The number of amides is 3. The largest absolute Gasteiger partial charge is 0.329 e. The first-order valence-electron chi connectivity index (χ1n) is 6.54. The summed E-state index contributed by atoms with van der Waals surface area (Å²) in [4.78, 5) is 25.4. The standard InChI is InChI=1S/C12H21N3O2/c13-8-9-15-10(16)12(14-11(15)17)6-4-2-1-3-5-7-12/h1-9,13H2,(H,14,17). The lowest BCUT2D eigenvalue weighted by Crippen LogP contribution is -2.47. The molecular weight excluding hydrogens is 218 g/mol. The summed E-state index contributed by atoms with van der Waals surface area (Å²) >= 11 is 0. The Bertz CT molecular complexity index is 309. The topological polar surface area (TPSA) is 75.4 Å². The zero-order valence-electron chi connectivity index (χ0n) is 10.2. The second-order valence-electron chi connectivity index (χ2n) is 5.03. The first-order valence-corrected chi connectivity index (χ1v) is 6.54. The number of nitrogens with one attached hydrogen (secondary N) is 1. The van der Waals surface area contributed by atoms with Crippen LogP contribution in [0.2, 0.25) is 0 Å². The highest BCUT2D eigenvalue weighted by molar-refractivity contribution is 6.07. The molecule has 2 fully saturated rings. The van der Waals surface area contributed by atoms with Gasteiger partial charge in [0, 0.05) is 13.1 Å². The predicted octanol–water partition coefficient (Wildman–Crippen LogP) is 0.980. The highest BCUT2D eigenvalue weighted by Crippen LogP contribution is 2.31. The monoisotopic (exact) mass is 239 g/mol. The number of rotatable bonds is 2. The summed E-state index contributed by atoms with van der Waals surface area (Å²) in [5.74, 6) is -0.0603. The smallest absolute Gasteiger partial charge is 0.325 e. The zero-order chi connectivity index (χ0) is 12.3. The third-order valence-corrected chi connectivity index (χ3v) is 3.81. The normalized spacial score (nSPS) is 24.6. The first kappa shape index (κ1) is 12.4. The molecule has 0 atom stereocenters. The molecule has 0 aromatic rings. The lowest BCUT2D eigenvalue weighted by Gasteiger charge is -2.28. The molecule has 0 aromatic heterocycles. The highest BCUT2D eigenvalue weighted by Gasteiger charge is 2.49. The van der Waals surface area contributed by atoms with Crippen LogP contribution in [0, 0.1) is 0 Å². The number of hydrogen-bond donors (Lipinski definition) is 2. The van der Waals surface area contributed by atoms with E-state index < -0.39 is 5.54 Å². The van der Waals surface area contributed by atoms with Crippen molar-refractivity contribution in [3.63, 3.8) is 0 Å². The van der Waals surface area contributed by atoms with Gasteiger partial charge in [-0.2, -0.15) is 0 Å². The Morgan fingerprint density at radius 3 is 2.29 bits per heavy atom. The second-order valence-corrected chi connectivity index (χ2v) is 5.03. The molecule has 0 bridgehead atoms. The molecule has 1 spiro atoms. The van der Waals surface area contributed by atoms with Gasteiger partial charge in [-0.15, -0.1) is 0 Å². The van der Waals surface area contributed by atoms with Crippen LogP contribution in [0.5, 0.6) is 0 Å². The fourth-order valence-electron chi connectivity index (χ4n) is 2.86. The van der Waals surface area contributed by atoms with E-state index >= 15 is 0 Å². The van der Waals surface area contributed by atoms with Crippen LogP contribution in [-0.2, 0) is 4.79 Å². The van der Waals surface area contributed by atoms with Gasteiger partial charge in [-0.25, -0.2) is 4.79 Å². The molecule has 2 aliphatic rings. The number of nitrogens with zero attached hydrogens (tertiary/aromatic N) is 1. The van der Waals surface area contributed by atoms with Gasteiger partial charge in [0.1, 0.15) is 5.54 Å². The SMILES string of the molecule is NCCN1C(=O)NC2(CCCCCCC2)C1=O. The maximum atomic E-state index is 12.3. The number of urea groups is 1. The Hall–Kier alpha value is -1.10. The minimum Gasteiger partial charge on any atom is -0.329 e. The van der Waals surface area contributed by atoms with Crippen LogP contribution in [0.4, 0.5) is 4.79 Å². The molecule has 3 N–H and O–H groups in total. The Labute approximate surface area is 102 Å². The van der Waals surface area contributed by atoms with Crippen LogP contribution < -0.4 is 11.1 Å². The van der Waals surface area contributed by atoms with Crippen molar-refractivity contribution in [2.45, 2.75) is 50.5 Å². The molecule has 17 heavy (non-hydrogen) atoms. The Balaban J connectivity index is 2.13. The number of nitrogens with two attached hydrogens (primary N) is 1. The summed E-state index contributed by atoms with van der Waals surface area (Å²) in [6, 6.07) is -0.263. The summed E-state index contributed by atoms with van der Waals surface area (Å²) in [5, 5.41) is 2.90. The van der Waals surface area contributed by atoms with E-state index in [0.29, 0.717) is 13.1 Å². The molecule has 1 saturated heterocycles. The van der Waals surface area contributed by atoms with Gasteiger partial charge in [0.15, 0.2) is 0 Å². The van der Waals surface area contributed by atoms with E-state index in [2.05, 4.69) is 5.32 Å². The summed E-state index contributed by atoms with van der Waals surface area (Å²) < 4.78 is 0. The molecule has 1 aliphatic heterocycles. The molecule has 0 unspecified atom stereocenters. The van der Waals surface area contributed by atoms with Gasteiger partial charge in [-0.05, 0) is 12.8 Å². The first-order chi connectivity index (χ1) is 8.19. The van der Waals surface area contributed by atoms with E-state index in [0.717, 1.165) is 38.5 Å². The van der Waals surface area contributed by atoms with Gasteiger partial charge >= 0.3 is 6.03 Å². The molecular formula is C12H21N3O2. The molecule has 1 aliphatic carbocycles. The number of carbonyl (C=O) groups excluding carboxylic acids is 2. The Morgan fingerprint density at radius 2 is 1.71 bits per heavy atom. The summed E-state index contributed by atoms with van der Waals surface area (Å²) in [7, 11) is 0. The second kappa shape index (κ2) is 5.04. The lowest BCUT2D eigenvalue weighted by atomic mass is 9.84. The predicted molar refractivity (Wildman–Crippen MR) is 64.3 cm³/mol. The van der Waals surface area contributed by atoms with Crippen molar-refractivity contribution < 1.29 is 9.59 Å². The average Bonchev–Trinajstić information content (AvgIpc) is 2.50. The van der Waals surface area contributed by atoms with Crippen LogP contribution in [0.1, 0.15) is 44.9 Å². The van der Waals surface area contributed by atoms with Crippen LogP contribution >= 0.6 is 0 Å². The van der Waals surface area contributed by atoms with Crippen molar-refractivity contribution in [2.75, 3.05) is 13.1 Å². The maximum Gasteiger partial charge on any atom is 0.325 e. The number of imide groups is 1. The molecule has 5 heteroatoms. The fourth-order valence-corrected chi connectivity index (χ4v) is 2.86. The summed E-state index contributed by atoms with van der Waals surface area (Å²) in [6.45, 7) is 0.654. The van der Waals surface area contributed by atoms with E-state index in [4.69, 9.17) is 5.73 Å². The molecule has 1 heterocycles. The molecule has 2 rings (SSSR count). The Kier molecular flexibility index (Phi) is 3.66. The van der Waals surface area contributed by atoms with E-state index in [1.807, 2.05) is 0 Å². The van der Waals surface area contributed by atoms with Gasteiger partial charge in [0.25, 0.3) is 5.91 Å². The quantitative estimate of drug-likeness (QED) is 0.705. The molecule has 1 saturated carbocycles. The van der Waals surface area contributed by atoms with Gasteiger partial charge in [-0.3, -0.25) is 9.69 Å². The summed E-state index contributed by atoms with van der Waals surface area (Å²) in [5.41, 5.74) is 4.81. The third kappa shape index (κ3) is 2.29. The van der Waals surface area contributed by atoms with Crippen LogP contribution in [0.25, 0.3) is 0 Å². The lowest BCUT2D eigenvalue weighted by molar-refractivity contribution is -0.132. The minimum absolute atomic E-state index is 0.0603. The van der Waals surface area contributed by atoms with E-state index in [1.54, 1.807) is 0 Å². The minimum atomic E-state index is -0.618. The van der Waals surface area contributed by atoms with Crippen LogP contribution in [0.3, 0.4) is 0 Å². The van der Waals surface area contributed by atoms with Gasteiger partial charge in [-0.1, -0.05) is 32.1 Å². The van der Waals surface area contributed by atoms with Crippen LogP contribution in [-0.4, -0.2) is 35.5 Å². The third-order valence-electron chi connectivity index (χ3n) is 3.81. The van der Waals surface area contributed by atoms with Crippen molar-refractivity contribution >= 4 is 11.9 Å². The van der Waals surface area contributed by atoms with Crippen LogP contribution in [0.15, 0.2) is 0 Å². The van der Waals surface area contributed by atoms with Gasteiger partial charge < -0.3 is 11.1 Å². The van der Waals surface area contributed by atoms with Crippen molar-refractivity contribution in [2.24, 2.45) is 5.73 Å². The van der Waals surface area contributed by atoms with Crippen molar-refractivity contribution in [1.82, 2.24) is 10.2 Å². The van der Waals surface area contributed by atoms with E-state index in [-0.39, 0.29) is 11.9 Å². The van der Waals surface area contributed by atoms with Gasteiger partial charge in [0.2, 0.25) is 0 Å². The maximum absolute atomic E-state index is 12.3. The molecule has 0 radical (unpaired) electrons. The van der Waals surface area contributed by atoms with E-state index in [1.165, 1.54) is 11.3 Å². The van der Waals surface area contributed by atoms with Crippen molar-refractivity contribution in [3.8, 4) is 0 Å². The number of carbonyl (C=O) groups is 2.